The first-order chi connectivity index (χ1) is 16.5. The molecule has 2 aromatic carbocycles. The van der Waals surface area contributed by atoms with Gasteiger partial charge < -0.3 is 19.9 Å². The van der Waals surface area contributed by atoms with Crippen molar-refractivity contribution < 1.29 is 32.6 Å². The van der Waals surface area contributed by atoms with E-state index in [1.165, 1.54) is 44.5 Å². The number of ether oxygens (including phenoxy) is 2. The number of rotatable bonds is 9. The molecule has 186 valence electrons. The first kappa shape index (κ1) is 26.6. The fourth-order valence-corrected chi connectivity index (χ4v) is 6.20. The number of halogens is 2. The van der Waals surface area contributed by atoms with Crippen LogP contribution in [0.15, 0.2) is 47.4 Å². The van der Waals surface area contributed by atoms with E-state index in [0.717, 1.165) is 15.6 Å². The van der Waals surface area contributed by atoms with E-state index >= 15 is 0 Å². The van der Waals surface area contributed by atoms with Gasteiger partial charge in [-0.25, -0.2) is 13.2 Å². The van der Waals surface area contributed by atoms with E-state index in [0.29, 0.717) is 18.1 Å². The zero-order valence-electron chi connectivity index (χ0n) is 18.7. The summed E-state index contributed by atoms with van der Waals surface area (Å²) in [7, 11) is -1.44. The standard InChI is InChI=1S/C22H20Cl2N2O7S2/c1-4-33-16-8-6-13(10-17(16)32-3)26(2)35(30,31)18-11-19(24)34-20(18)21(27)25-12-5-7-14(22(28)29)15(23)9-12/h5-11H,4H2,1-3H3,(H,25,27)(H,28,29). The summed E-state index contributed by atoms with van der Waals surface area (Å²) < 4.78 is 38.7. The number of methoxy groups -OCH3 is 1. The second-order valence-electron chi connectivity index (χ2n) is 6.94. The Bertz CT molecular complexity index is 1390. The van der Waals surface area contributed by atoms with Crippen molar-refractivity contribution >= 4 is 67.8 Å². The molecule has 1 amide bonds. The quantitative estimate of drug-likeness (QED) is 0.368. The van der Waals surface area contributed by atoms with Crippen LogP contribution in [0.2, 0.25) is 9.36 Å². The first-order valence-corrected chi connectivity index (χ1v) is 12.9. The largest absolute Gasteiger partial charge is 0.493 e. The van der Waals surface area contributed by atoms with Crippen LogP contribution in [-0.4, -0.2) is 46.2 Å². The molecule has 0 spiro atoms. The van der Waals surface area contributed by atoms with E-state index in [2.05, 4.69) is 5.32 Å². The van der Waals surface area contributed by atoms with Gasteiger partial charge in [0.1, 0.15) is 9.77 Å². The summed E-state index contributed by atoms with van der Waals surface area (Å²) in [5.41, 5.74) is 0.317. The highest BCUT2D eigenvalue weighted by molar-refractivity contribution is 7.93. The molecule has 0 aliphatic heterocycles. The van der Waals surface area contributed by atoms with Crippen LogP contribution >= 0.6 is 34.5 Å². The Kier molecular flexibility index (Phi) is 8.16. The van der Waals surface area contributed by atoms with Crippen LogP contribution in [0.25, 0.3) is 0 Å². The molecule has 0 fully saturated rings. The molecule has 2 N–H and O–H groups in total. The van der Waals surface area contributed by atoms with Crippen molar-refractivity contribution in [3.8, 4) is 11.5 Å². The highest BCUT2D eigenvalue weighted by atomic mass is 35.5. The third-order valence-corrected chi connectivity index (χ3v) is 8.30. The molecule has 0 saturated carbocycles. The number of carboxylic acids is 1. The van der Waals surface area contributed by atoms with Gasteiger partial charge in [0.25, 0.3) is 15.9 Å². The van der Waals surface area contributed by atoms with Crippen LogP contribution < -0.4 is 19.1 Å². The molecule has 35 heavy (non-hydrogen) atoms. The molecule has 0 unspecified atom stereocenters. The number of sulfonamides is 1. The number of hydrogen-bond acceptors (Lipinski definition) is 7. The van der Waals surface area contributed by atoms with Crippen LogP contribution in [0.4, 0.5) is 11.4 Å². The van der Waals surface area contributed by atoms with E-state index in [4.69, 9.17) is 37.8 Å². The molecule has 1 heterocycles. The fraction of sp³-hybridized carbons (Fsp3) is 0.182. The molecule has 9 nitrogen and oxygen atoms in total. The summed E-state index contributed by atoms with van der Waals surface area (Å²) >= 11 is 12.8. The Morgan fingerprint density at radius 1 is 1.11 bits per heavy atom. The summed E-state index contributed by atoms with van der Waals surface area (Å²) in [6.07, 6.45) is 0. The van der Waals surface area contributed by atoms with Crippen molar-refractivity contribution in [3.63, 3.8) is 0 Å². The third kappa shape index (κ3) is 5.64. The smallest absolute Gasteiger partial charge is 0.337 e. The number of carbonyl (C=O) groups is 2. The highest BCUT2D eigenvalue weighted by Gasteiger charge is 2.30. The van der Waals surface area contributed by atoms with Crippen LogP contribution in [0.3, 0.4) is 0 Å². The number of nitrogens with one attached hydrogen (secondary N) is 1. The summed E-state index contributed by atoms with van der Waals surface area (Å²) in [5.74, 6) is -1.18. The van der Waals surface area contributed by atoms with Gasteiger partial charge in [0.05, 0.1) is 34.3 Å². The number of aromatic carboxylic acids is 1. The number of amides is 1. The first-order valence-electron chi connectivity index (χ1n) is 9.92. The number of carbonyl (C=O) groups excluding carboxylic acids is 1. The average molecular weight is 559 g/mol. The molecule has 13 heteroatoms. The van der Waals surface area contributed by atoms with Crippen molar-refractivity contribution in [3.05, 3.63) is 62.3 Å². The molecule has 0 bridgehead atoms. The lowest BCUT2D eigenvalue weighted by Gasteiger charge is -2.21. The molecule has 0 aliphatic rings. The van der Waals surface area contributed by atoms with E-state index in [-0.39, 0.29) is 36.1 Å². The van der Waals surface area contributed by atoms with Gasteiger partial charge in [0.15, 0.2) is 11.5 Å². The monoisotopic (exact) mass is 558 g/mol. The molecule has 0 radical (unpaired) electrons. The SMILES string of the molecule is CCOc1ccc(N(C)S(=O)(=O)c2cc(Cl)sc2C(=O)Nc2ccc(C(=O)O)c(Cl)c2)cc1OC. The molecule has 0 saturated heterocycles. The van der Waals surface area contributed by atoms with Gasteiger partial charge in [0.2, 0.25) is 0 Å². The minimum Gasteiger partial charge on any atom is -0.493 e. The topological polar surface area (TPSA) is 122 Å². The molecule has 3 aromatic rings. The maximum absolute atomic E-state index is 13.4. The van der Waals surface area contributed by atoms with Crippen LogP contribution in [0.1, 0.15) is 27.0 Å². The summed E-state index contributed by atoms with van der Waals surface area (Å²) in [5, 5.41) is 11.5. The minimum atomic E-state index is -4.22. The molecular weight excluding hydrogens is 539 g/mol. The zero-order valence-corrected chi connectivity index (χ0v) is 21.8. The Hall–Kier alpha value is -2.99. The highest BCUT2D eigenvalue weighted by Crippen LogP contribution is 2.37. The van der Waals surface area contributed by atoms with Crippen LogP contribution in [0.5, 0.6) is 11.5 Å². The summed E-state index contributed by atoms with van der Waals surface area (Å²) in [6.45, 7) is 2.21. The van der Waals surface area contributed by atoms with Crippen molar-refractivity contribution in [2.75, 3.05) is 30.4 Å². The van der Waals surface area contributed by atoms with Crippen molar-refractivity contribution in [2.45, 2.75) is 11.8 Å². The van der Waals surface area contributed by atoms with Gasteiger partial charge in [-0.2, -0.15) is 0 Å². The predicted molar refractivity (Wildman–Crippen MR) is 135 cm³/mol. The zero-order chi connectivity index (χ0) is 25.9. The molecule has 0 atom stereocenters. The number of anilines is 2. The number of carboxylic acid groups (broad SMARTS) is 1. The van der Waals surface area contributed by atoms with Gasteiger partial charge in [-0.05, 0) is 43.3 Å². The maximum atomic E-state index is 13.4. The van der Waals surface area contributed by atoms with Crippen LogP contribution in [0, 0.1) is 0 Å². The Balaban J connectivity index is 1.94. The minimum absolute atomic E-state index is 0.0865. The maximum Gasteiger partial charge on any atom is 0.337 e. The molecule has 1 aromatic heterocycles. The van der Waals surface area contributed by atoms with Gasteiger partial charge in [-0.3, -0.25) is 9.10 Å². The second-order valence-corrected chi connectivity index (χ2v) is 11.0. The Morgan fingerprint density at radius 3 is 2.43 bits per heavy atom. The molecular formula is C22H20Cl2N2O7S2. The number of thiophene rings is 1. The van der Waals surface area contributed by atoms with E-state index in [9.17, 15) is 18.0 Å². The van der Waals surface area contributed by atoms with E-state index < -0.39 is 21.9 Å². The number of nitrogens with zero attached hydrogens (tertiary/aromatic N) is 1. The third-order valence-electron chi connectivity index (χ3n) is 4.78. The van der Waals surface area contributed by atoms with Crippen molar-refractivity contribution in [1.82, 2.24) is 0 Å². The predicted octanol–water partition coefficient (Wildman–Crippen LogP) is 5.24. The van der Waals surface area contributed by atoms with Crippen molar-refractivity contribution in [2.24, 2.45) is 0 Å². The lowest BCUT2D eigenvalue weighted by Crippen LogP contribution is -2.28. The van der Waals surface area contributed by atoms with Gasteiger partial charge in [-0.1, -0.05) is 23.2 Å². The Morgan fingerprint density at radius 2 is 1.83 bits per heavy atom. The van der Waals surface area contributed by atoms with Gasteiger partial charge in [0, 0.05) is 18.8 Å². The van der Waals surface area contributed by atoms with Gasteiger partial charge in [-0.15, -0.1) is 11.3 Å². The summed E-state index contributed by atoms with van der Waals surface area (Å²) in [6, 6.07) is 9.65. The van der Waals surface area contributed by atoms with Crippen molar-refractivity contribution in [1.29, 1.82) is 0 Å². The molecule has 3 rings (SSSR count). The normalized spacial score (nSPS) is 11.1. The van der Waals surface area contributed by atoms with E-state index in [1.54, 1.807) is 12.1 Å². The second kappa shape index (κ2) is 10.7. The van der Waals surface area contributed by atoms with Gasteiger partial charge >= 0.3 is 5.97 Å². The van der Waals surface area contributed by atoms with Crippen LogP contribution in [-0.2, 0) is 10.0 Å². The number of hydrogen-bond donors (Lipinski definition) is 2. The lowest BCUT2D eigenvalue weighted by molar-refractivity contribution is 0.0697. The van der Waals surface area contributed by atoms with E-state index in [1.807, 2.05) is 6.92 Å². The fourth-order valence-electron chi connectivity index (χ4n) is 3.06. The average Bonchev–Trinajstić information content (AvgIpc) is 3.21. The lowest BCUT2D eigenvalue weighted by atomic mass is 10.2. The summed E-state index contributed by atoms with van der Waals surface area (Å²) in [4.78, 5) is 23.6. The molecule has 0 aliphatic carbocycles. The number of benzene rings is 2. The Labute approximate surface area is 215 Å².